The lowest BCUT2D eigenvalue weighted by Gasteiger charge is -2.32. The molecule has 2 aliphatic rings. The minimum atomic E-state index is -0.715. The predicted molar refractivity (Wildman–Crippen MR) is 145 cm³/mol. The molecule has 1 atom stereocenters. The lowest BCUT2D eigenvalue weighted by molar-refractivity contribution is -0.121. The third-order valence-electron chi connectivity index (χ3n) is 6.58. The predicted octanol–water partition coefficient (Wildman–Crippen LogP) is 3.73. The first-order chi connectivity index (χ1) is 16.7. The maximum absolute atomic E-state index is 13.0. The SMILES string of the molecule is CC(=N)N1C(=N)C(CC(=O)NCN2CCN(C)CC2)N=C(c2ccc(Cl)cc2)c2c1sc(C)c2C. The van der Waals surface area contributed by atoms with Gasteiger partial charge in [0.15, 0.2) is 0 Å². The molecule has 1 amide bonds. The van der Waals surface area contributed by atoms with Crippen LogP contribution >= 0.6 is 22.9 Å². The molecule has 1 fully saturated rings. The Bertz CT molecular complexity index is 1170. The number of hydrogen-bond acceptors (Lipinski definition) is 7. The van der Waals surface area contributed by atoms with Gasteiger partial charge in [-0.05, 0) is 45.5 Å². The maximum atomic E-state index is 13.0. The summed E-state index contributed by atoms with van der Waals surface area (Å²) in [4.78, 5) is 25.2. The van der Waals surface area contributed by atoms with Crippen LogP contribution in [0.5, 0.6) is 0 Å². The fourth-order valence-corrected chi connectivity index (χ4v) is 5.69. The number of nitrogens with zero attached hydrogens (tertiary/aromatic N) is 4. The second-order valence-electron chi connectivity index (χ2n) is 9.15. The molecule has 1 unspecified atom stereocenters. The van der Waals surface area contributed by atoms with Crippen LogP contribution < -0.4 is 10.2 Å². The van der Waals surface area contributed by atoms with Crippen LogP contribution in [0.2, 0.25) is 5.02 Å². The first kappa shape index (κ1) is 25.5. The van der Waals surface area contributed by atoms with Crippen molar-refractivity contribution in [2.75, 3.05) is 44.8 Å². The van der Waals surface area contributed by atoms with Crippen molar-refractivity contribution in [3.05, 3.63) is 50.9 Å². The van der Waals surface area contributed by atoms with E-state index < -0.39 is 6.04 Å². The van der Waals surface area contributed by atoms with Crippen molar-refractivity contribution in [1.29, 1.82) is 10.8 Å². The zero-order chi connectivity index (χ0) is 25.3. The molecule has 0 saturated carbocycles. The van der Waals surface area contributed by atoms with E-state index in [9.17, 15) is 4.79 Å². The number of rotatable bonds is 5. The largest absolute Gasteiger partial charge is 0.343 e. The molecule has 35 heavy (non-hydrogen) atoms. The molecular weight excluding hydrogens is 482 g/mol. The van der Waals surface area contributed by atoms with Crippen molar-refractivity contribution in [3.8, 4) is 0 Å². The van der Waals surface area contributed by atoms with E-state index >= 15 is 0 Å². The van der Waals surface area contributed by atoms with Gasteiger partial charge >= 0.3 is 0 Å². The summed E-state index contributed by atoms with van der Waals surface area (Å²) in [5, 5.41) is 21.9. The van der Waals surface area contributed by atoms with Crippen LogP contribution in [0.15, 0.2) is 29.3 Å². The number of thiophene rings is 1. The first-order valence-corrected chi connectivity index (χ1v) is 12.9. The molecule has 3 N–H and O–H groups in total. The average molecular weight is 514 g/mol. The number of nitrogens with one attached hydrogen (secondary N) is 3. The Morgan fingerprint density at radius 1 is 1.20 bits per heavy atom. The molecule has 0 aliphatic carbocycles. The number of piperazine rings is 1. The standard InChI is InChI=1S/C25H32ClN7OS/c1-15-16(2)35-25-22(15)23(18-5-7-19(26)8-6-18)30-20(24(28)33(25)17(3)27)13-21(34)29-14-32-11-9-31(4)10-12-32/h5-8,20,27-28H,9-14H2,1-4H3,(H,29,34). The molecule has 4 rings (SSSR count). The van der Waals surface area contributed by atoms with Crippen LogP contribution in [-0.2, 0) is 4.79 Å². The zero-order valence-electron chi connectivity index (χ0n) is 20.6. The first-order valence-electron chi connectivity index (χ1n) is 11.7. The molecule has 2 aliphatic heterocycles. The van der Waals surface area contributed by atoms with E-state index in [2.05, 4.69) is 22.2 Å². The third-order valence-corrected chi connectivity index (χ3v) is 8.02. The second-order valence-corrected chi connectivity index (χ2v) is 10.8. The number of aliphatic imine (C=N–C) groups is 1. The van der Waals surface area contributed by atoms with Crippen LogP contribution in [0, 0.1) is 24.7 Å². The van der Waals surface area contributed by atoms with Gasteiger partial charge in [-0.15, -0.1) is 11.3 Å². The number of halogens is 1. The smallest absolute Gasteiger partial charge is 0.223 e. The van der Waals surface area contributed by atoms with E-state index in [0.717, 1.165) is 58.5 Å². The van der Waals surface area contributed by atoms with Gasteiger partial charge in [-0.3, -0.25) is 30.4 Å². The van der Waals surface area contributed by atoms with E-state index in [0.29, 0.717) is 11.7 Å². The summed E-state index contributed by atoms with van der Waals surface area (Å²) in [6, 6.07) is 6.76. The zero-order valence-corrected chi connectivity index (χ0v) is 22.2. The number of aryl methyl sites for hydroxylation is 1. The van der Waals surface area contributed by atoms with Crippen molar-refractivity contribution >= 4 is 51.2 Å². The Hall–Kier alpha value is -2.59. The molecule has 1 aromatic carbocycles. The summed E-state index contributed by atoms with van der Waals surface area (Å²) in [6.45, 7) is 10.0. The Balaban J connectivity index is 1.66. The van der Waals surface area contributed by atoms with Crippen molar-refractivity contribution < 1.29 is 4.79 Å². The minimum absolute atomic E-state index is 0.0421. The van der Waals surface area contributed by atoms with Crippen molar-refractivity contribution in [2.45, 2.75) is 33.2 Å². The highest BCUT2D eigenvalue weighted by Gasteiger charge is 2.34. The summed E-state index contributed by atoms with van der Waals surface area (Å²) >= 11 is 7.69. The molecule has 0 radical (unpaired) electrons. The van der Waals surface area contributed by atoms with Crippen LogP contribution in [-0.4, -0.2) is 79.0 Å². The van der Waals surface area contributed by atoms with E-state index in [-0.39, 0.29) is 24.0 Å². The maximum Gasteiger partial charge on any atom is 0.223 e. The Labute approximate surface area is 215 Å². The summed E-state index contributed by atoms with van der Waals surface area (Å²) < 4.78 is 0. The van der Waals surface area contributed by atoms with Gasteiger partial charge in [-0.2, -0.15) is 0 Å². The van der Waals surface area contributed by atoms with Gasteiger partial charge in [-0.25, -0.2) is 0 Å². The molecule has 10 heteroatoms. The molecule has 3 heterocycles. The quantitative estimate of drug-likeness (QED) is 0.419. The van der Waals surface area contributed by atoms with E-state index in [1.807, 2.05) is 38.1 Å². The van der Waals surface area contributed by atoms with Gasteiger partial charge in [-0.1, -0.05) is 23.7 Å². The molecule has 0 spiro atoms. The van der Waals surface area contributed by atoms with Crippen LogP contribution in [0.25, 0.3) is 0 Å². The fraction of sp³-hybridized carbons (Fsp3) is 0.440. The van der Waals surface area contributed by atoms with Crippen molar-refractivity contribution in [1.82, 2.24) is 15.1 Å². The van der Waals surface area contributed by atoms with Crippen LogP contribution in [0.4, 0.5) is 5.00 Å². The van der Waals surface area contributed by atoms with Gasteiger partial charge in [0.1, 0.15) is 22.7 Å². The summed E-state index contributed by atoms with van der Waals surface area (Å²) in [6.07, 6.45) is 0.0421. The van der Waals surface area contributed by atoms with E-state index in [1.54, 1.807) is 23.2 Å². The number of amidine groups is 2. The third kappa shape index (κ3) is 5.48. The number of fused-ring (bicyclic) bond motifs is 1. The normalized spacial score (nSPS) is 19.2. The topological polar surface area (TPSA) is 98.9 Å². The fourth-order valence-electron chi connectivity index (χ4n) is 4.34. The van der Waals surface area contributed by atoms with Crippen LogP contribution in [0.3, 0.4) is 0 Å². The second kappa shape index (κ2) is 10.6. The van der Waals surface area contributed by atoms with Gasteiger partial charge in [0.2, 0.25) is 5.91 Å². The number of anilines is 1. The number of amides is 1. The lowest BCUT2D eigenvalue weighted by Crippen LogP contribution is -2.49. The molecule has 1 saturated heterocycles. The number of carbonyl (C=O) groups is 1. The summed E-state index contributed by atoms with van der Waals surface area (Å²) in [5.41, 5.74) is 3.57. The Kier molecular flexibility index (Phi) is 7.70. The van der Waals surface area contributed by atoms with E-state index in [4.69, 9.17) is 27.4 Å². The molecule has 186 valence electrons. The van der Waals surface area contributed by atoms with Gasteiger partial charge in [0, 0.05) is 47.2 Å². The molecule has 1 aromatic heterocycles. The Morgan fingerprint density at radius 3 is 2.49 bits per heavy atom. The lowest BCUT2D eigenvalue weighted by atomic mass is 9.99. The van der Waals surface area contributed by atoms with Crippen molar-refractivity contribution in [3.63, 3.8) is 0 Å². The molecular formula is C25H32ClN7OS. The number of carbonyl (C=O) groups excluding carboxylic acids is 1. The average Bonchev–Trinajstić information content (AvgIpc) is 3.03. The highest BCUT2D eigenvalue weighted by atomic mass is 35.5. The minimum Gasteiger partial charge on any atom is -0.343 e. The molecule has 8 nitrogen and oxygen atoms in total. The Morgan fingerprint density at radius 2 is 1.86 bits per heavy atom. The highest BCUT2D eigenvalue weighted by Crippen LogP contribution is 2.40. The summed E-state index contributed by atoms with van der Waals surface area (Å²) in [7, 11) is 2.10. The van der Waals surface area contributed by atoms with Gasteiger partial charge < -0.3 is 10.2 Å². The van der Waals surface area contributed by atoms with Crippen molar-refractivity contribution in [2.24, 2.45) is 4.99 Å². The van der Waals surface area contributed by atoms with E-state index in [1.165, 1.54) is 0 Å². The monoisotopic (exact) mass is 513 g/mol. The number of hydrogen-bond donors (Lipinski definition) is 3. The van der Waals surface area contributed by atoms with Gasteiger partial charge in [0.05, 0.1) is 18.8 Å². The highest BCUT2D eigenvalue weighted by molar-refractivity contribution is 7.17. The van der Waals surface area contributed by atoms with Crippen LogP contribution in [0.1, 0.15) is 34.9 Å². The number of likely N-dealkylation sites (N-methyl/N-ethyl adjacent to an activating group) is 1. The number of benzene rings is 1. The summed E-state index contributed by atoms with van der Waals surface area (Å²) in [5.74, 6) is 0.213. The van der Waals surface area contributed by atoms with Gasteiger partial charge in [0.25, 0.3) is 0 Å². The molecule has 2 aromatic rings. The molecule has 0 bridgehead atoms.